The van der Waals surface area contributed by atoms with Gasteiger partial charge in [0.2, 0.25) is 0 Å². The van der Waals surface area contributed by atoms with Gasteiger partial charge in [-0.15, -0.1) is 0 Å². The van der Waals surface area contributed by atoms with Crippen LogP contribution >= 0.6 is 0 Å². The van der Waals surface area contributed by atoms with E-state index in [1.807, 2.05) is 65.8 Å². The molecule has 0 unspecified atom stereocenters. The lowest BCUT2D eigenvalue weighted by Crippen LogP contribution is -2.43. The summed E-state index contributed by atoms with van der Waals surface area (Å²) in [5.41, 5.74) is 8.12. The highest BCUT2D eigenvalue weighted by Crippen LogP contribution is 2.50. The summed E-state index contributed by atoms with van der Waals surface area (Å²) >= 11 is 0. The number of H-pyrrole nitrogens is 2. The first-order valence-electron chi connectivity index (χ1n) is 18.1. The van der Waals surface area contributed by atoms with Crippen molar-refractivity contribution in [1.29, 1.82) is 0 Å². The first kappa shape index (κ1) is 33.9. The zero-order valence-electron chi connectivity index (χ0n) is 30.4. The largest absolute Gasteiger partial charge is 0.444 e. The Balaban J connectivity index is 1.07. The Morgan fingerprint density at radius 1 is 0.860 bits per heavy atom. The van der Waals surface area contributed by atoms with Gasteiger partial charge >= 0.3 is 12.2 Å². The van der Waals surface area contributed by atoms with Gasteiger partial charge in [-0.1, -0.05) is 31.2 Å². The fourth-order valence-corrected chi connectivity index (χ4v) is 7.88. The normalized spacial score (nSPS) is 19.7. The third-order valence-electron chi connectivity index (χ3n) is 9.97. The highest BCUT2D eigenvalue weighted by molar-refractivity contribution is 5.79. The molecule has 10 heteroatoms. The molecule has 7 rings (SSSR count). The predicted molar refractivity (Wildman–Crippen MR) is 193 cm³/mol. The van der Waals surface area contributed by atoms with Crippen LogP contribution in [0.15, 0.2) is 48.8 Å². The molecule has 1 saturated carbocycles. The number of piperidine rings is 1. The van der Waals surface area contributed by atoms with Crippen LogP contribution in [0.2, 0.25) is 0 Å². The van der Waals surface area contributed by atoms with Crippen molar-refractivity contribution in [3.8, 4) is 33.6 Å². The van der Waals surface area contributed by atoms with Gasteiger partial charge in [0.1, 0.15) is 22.9 Å². The van der Waals surface area contributed by atoms with Crippen LogP contribution in [0, 0.1) is 5.92 Å². The van der Waals surface area contributed by atoms with Crippen LogP contribution in [0.3, 0.4) is 0 Å². The van der Waals surface area contributed by atoms with Crippen molar-refractivity contribution < 1.29 is 19.1 Å². The van der Waals surface area contributed by atoms with Gasteiger partial charge < -0.3 is 24.3 Å². The molecular weight excluding hydrogens is 628 g/mol. The summed E-state index contributed by atoms with van der Waals surface area (Å²) in [6, 6.07) is 13.4. The van der Waals surface area contributed by atoms with Crippen molar-refractivity contribution >= 4 is 12.2 Å². The Morgan fingerprint density at radius 3 is 2.10 bits per heavy atom. The Morgan fingerprint density at radius 2 is 1.48 bits per heavy atom. The number of aromatic amines is 2. The minimum absolute atomic E-state index is 0.0812. The maximum absolute atomic E-state index is 13.2. The van der Waals surface area contributed by atoms with Gasteiger partial charge in [0.15, 0.2) is 0 Å². The summed E-state index contributed by atoms with van der Waals surface area (Å²) in [6.07, 6.45) is 9.04. The highest BCUT2D eigenvalue weighted by Gasteiger charge is 2.51. The smallest absolute Gasteiger partial charge is 0.411 e. The van der Waals surface area contributed by atoms with Gasteiger partial charge in [-0.25, -0.2) is 19.6 Å². The number of imidazole rings is 2. The van der Waals surface area contributed by atoms with E-state index in [1.165, 1.54) is 22.3 Å². The molecule has 2 aliphatic carbocycles. The molecule has 0 radical (unpaired) electrons. The van der Waals surface area contributed by atoms with Crippen LogP contribution in [0.1, 0.15) is 103 Å². The fraction of sp³-hybridized carbons (Fsp3) is 0.500. The number of nitrogens with zero attached hydrogens (tertiary/aromatic N) is 4. The number of nitrogens with one attached hydrogen (secondary N) is 2. The van der Waals surface area contributed by atoms with Crippen LogP contribution in [-0.4, -0.2) is 65.7 Å². The maximum Gasteiger partial charge on any atom is 0.411 e. The number of fused-ring (bicyclic) bond motifs is 5. The van der Waals surface area contributed by atoms with Crippen LogP contribution in [-0.2, 0) is 28.9 Å². The summed E-state index contributed by atoms with van der Waals surface area (Å²) in [5, 5.41) is 0. The first-order valence-corrected chi connectivity index (χ1v) is 18.1. The SMILES string of the molecule is CCCN(Cc1ncc(-c2ccc3c(c2)CCc2cc(-c4cnc([C@@H]5[C@H]6CC[C@H](C6)N5C(=O)OC(C)(C)C)[nH]4)ccc2-3)[nH]1)C(=O)OC(C)(C)C. The van der Waals surface area contributed by atoms with Crippen molar-refractivity contribution in [3.63, 3.8) is 0 Å². The van der Waals surface area contributed by atoms with Gasteiger partial charge in [0.05, 0.1) is 36.4 Å². The van der Waals surface area contributed by atoms with Crippen molar-refractivity contribution in [1.82, 2.24) is 29.7 Å². The molecule has 2 aromatic carbocycles. The number of aromatic nitrogens is 4. The molecule has 4 aromatic rings. The molecule has 2 bridgehead atoms. The molecule has 3 heterocycles. The molecule has 2 aromatic heterocycles. The zero-order chi connectivity index (χ0) is 35.4. The van der Waals surface area contributed by atoms with Crippen molar-refractivity contribution in [2.45, 2.75) is 117 Å². The van der Waals surface area contributed by atoms with Gasteiger partial charge in [0, 0.05) is 12.6 Å². The second-order valence-corrected chi connectivity index (χ2v) is 16.1. The highest BCUT2D eigenvalue weighted by atomic mass is 16.6. The Kier molecular flexibility index (Phi) is 8.77. The first-order chi connectivity index (χ1) is 23.8. The molecule has 3 atom stereocenters. The number of rotatable bonds is 7. The monoisotopic (exact) mass is 678 g/mol. The number of carbonyl (C=O) groups excluding carboxylic acids is 2. The van der Waals surface area contributed by atoms with E-state index in [0.29, 0.717) is 19.0 Å². The molecule has 3 aliphatic rings. The summed E-state index contributed by atoms with van der Waals surface area (Å²) < 4.78 is 11.4. The number of carbonyl (C=O) groups is 2. The zero-order valence-corrected chi connectivity index (χ0v) is 30.4. The summed E-state index contributed by atoms with van der Waals surface area (Å²) in [7, 11) is 0. The van der Waals surface area contributed by atoms with E-state index in [9.17, 15) is 9.59 Å². The Hall–Kier alpha value is -4.60. The summed E-state index contributed by atoms with van der Waals surface area (Å²) in [5.74, 6) is 1.98. The van der Waals surface area contributed by atoms with Crippen molar-refractivity contribution in [3.05, 3.63) is 71.6 Å². The molecule has 2 fully saturated rings. The molecule has 1 saturated heterocycles. The lowest BCUT2D eigenvalue weighted by atomic mass is 9.83. The van der Waals surface area contributed by atoms with E-state index in [2.05, 4.69) is 51.4 Å². The van der Waals surface area contributed by atoms with Crippen LogP contribution in [0.25, 0.3) is 33.6 Å². The average Bonchev–Trinajstić information content (AvgIpc) is 3.87. The average molecular weight is 679 g/mol. The van der Waals surface area contributed by atoms with E-state index < -0.39 is 11.2 Å². The maximum atomic E-state index is 13.2. The molecule has 10 nitrogen and oxygen atoms in total. The number of hydrogen-bond donors (Lipinski definition) is 2. The summed E-state index contributed by atoms with van der Waals surface area (Å²) in [4.78, 5) is 46.1. The van der Waals surface area contributed by atoms with E-state index in [0.717, 1.165) is 72.7 Å². The number of aryl methyl sites for hydroxylation is 2. The number of amides is 2. The predicted octanol–water partition coefficient (Wildman–Crippen LogP) is 8.84. The number of benzene rings is 2. The summed E-state index contributed by atoms with van der Waals surface area (Å²) in [6.45, 7) is 14.4. The van der Waals surface area contributed by atoms with E-state index >= 15 is 0 Å². The van der Waals surface area contributed by atoms with E-state index in [4.69, 9.17) is 14.5 Å². The minimum atomic E-state index is -0.550. The second-order valence-electron chi connectivity index (χ2n) is 16.1. The number of likely N-dealkylation sites (tertiary alicyclic amines) is 1. The van der Waals surface area contributed by atoms with Crippen molar-refractivity contribution in [2.75, 3.05) is 6.54 Å². The van der Waals surface area contributed by atoms with Crippen molar-refractivity contribution in [2.24, 2.45) is 5.92 Å². The second kappa shape index (κ2) is 12.9. The van der Waals surface area contributed by atoms with E-state index in [-0.39, 0.29) is 24.3 Å². The number of hydrogen-bond acceptors (Lipinski definition) is 6. The molecular formula is C40H50N6O4. The molecule has 1 aliphatic heterocycles. The Bertz CT molecular complexity index is 1900. The lowest BCUT2D eigenvalue weighted by molar-refractivity contribution is 0.00614. The van der Waals surface area contributed by atoms with Crippen LogP contribution < -0.4 is 0 Å². The van der Waals surface area contributed by atoms with E-state index in [1.54, 1.807) is 4.90 Å². The third kappa shape index (κ3) is 6.89. The molecule has 2 N–H and O–H groups in total. The molecule has 0 spiro atoms. The van der Waals surface area contributed by atoms with Crippen LogP contribution in [0.4, 0.5) is 9.59 Å². The van der Waals surface area contributed by atoms with Crippen LogP contribution in [0.5, 0.6) is 0 Å². The minimum Gasteiger partial charge on any atom is -0.444 e. The van der Waals surface area contributed by atoms with Gasteiger partial charge in [0.25, 0.3) is 0 Å². The topological polar surface area (TPSA) is 116 Å². The molecule has 264 valence electrons. The number of ether oxygens (including phenoxy) is 2. The fourth-order valence-electron chi connectivity index (χ4n) is 7.88. The quantitative estimate of drug-likeness (QED) is 0.202. The molecule has 50 heavy (non-hydrogen) atoms. The standard InChI is InChI=1S/C40H50N6O4/c1-8-17-45(37(47)49-39(2,3)4)23-34-41-21-32(43-34)26-12-15-30-24(18-26)9-10-25-19-27(13-16-31(25)30)33-22-42-36(44-33)35-28-11-14-29(20-28)46(35)38(48)50-40(5,6)7/h12-13,15-16,18-19,21-22,28-29,35H,8-11,14,17,20,23H2,1-7H3,(H,41,43)(H,42,44)/t28-,29+,35-/m0/s1. The molecule has 2 amide bonds. The third-order valence-corrected chi connectivity index (χ3v) is 9.97. The lowest BCUT2D eigenvalue weighted by Gasteiger charge is -2.35. The van der Waals surface area contributed by atoms with Gasteiger partial charge in [-0.3, -0.25) is 4.90 Å². The van der Waals surface area contributed by atoms with Gasteiger partial charge in [-0.2, -0.15) is 0 Å². The Labute approximate surface area is 295 Å². The van der Waals surface area contributed by atoms with Gasteiger partial charge in [-0.05, 0) is 131 Å².